The number of phosphoric ester groups is 1. The molecule has 0 aromatic carbocycles. The summed E-state index contributed by atoms with van der Waals surface area (Å²) < 4.78 is 32.9. The lowest BCUT2D eigenvalue weighted by Gasteiger charge is -2.22. The molecule has 15 nitrogen and oxygen atoms in total. The molecule has 0 spiro atoms. The highest BCUT2D eigenvalue weighted by atomic mass is 32.2. The number of carbonyl (C=O) groups is 4. The number of ether oxygens (including phenoxy) is 2. The zero-order valence-electron chi connectivity index (χ0n) is 41.1. The molecule has 390 valence electrons. The van der Waals surface area contributed by atoms with Crippen molar-refractivity contribution in [3.8, 4) is 0 Å². The normalized spacial score (nSPS) is 15.4. The molecule has 68 heavy (non-hydrogen) atoms. The summed E-state index contributed by atoms with van der Waals surface area (Å²) in [7, 11) is -4.86. The van der Waals surface area contributed by atoms with Crippen molar-refractivity contribution >= 4 is 43.5 Å². The summed E-state index contributed by atoms with van der Waals surface area (Å²) in [5.74, 6) is -3.96. The molecule has 0 radical (unpaired) electrons. The maximum absolute atomic E-state index is 13.0. The molecule has 0 fully saturated rings. The van der Waals surface area contributed by atoms with Gasteiger partial charge < -0.3 is 41.2 Å². The van der Waals surface area contributed by atoms with Crippen LogP contribution in [-0.2, 0) is 42.3 Å². The number of hydrogen-bond acceptors (Lipinski definition) is 13. The van der Waals surface area contributed by atoms with Crippen LogP contribution in [0, 0.1) is 0 Å². The van der Waals surface area contributed by atoms with E-state index in [1.807, 2.05) is 18.2 Å². The van der Waals surface area contributed by atoms with E-state index >= 15 is 0 Å². The van der Waals surface area contributed by atoms with Gasteiger partial charge in [0.05, 0.1) is 19.3 Å². The molecular weight excluding hydrogens is 912 g/mol. The molecule has 0 aliphatic heterocycles. The van der Waals surface area contributed by atoms with Crippen molar-refractivity contribution in [2.24, 2.45) is 11.5 Å². The highest BCUT2D eigenvalue weighted by Gasteiger charge is 2.29. The van der Waals surface area contributed by atoms with Crippen LogP contribution in [0.5, 0.6) is 0 Å². The fourth-order valence-electron chi connectivity index (χ4n) is 6.36. The van der Waals surface area contributed by atoms with Crippen molar-refractivity contribution in [3.63, 3.8) is 0 Å². The first-order valence-electron chi connectivity index (χ1n) is 24.9. The molecule has 0 aliphatic rings. The monoisotopic (exact) mass is 999 g/mol. The van der Waals surface area contributed by atoms with Crippen molar-refractivity contribution in [2.75, 3.05) is 25.6 Å². The number of phosphoric acid groups is 1. The highest BCUT2D eigenvalue weighted by Crippen LogP contribution is 2.43. The van der Waals surface area contributed by atoms with E-state index in [-0.39, 0.29) is 31.4 Å². The molecule has 0 saturated heterocycles. The van der Waals surface area contributed by atoms with Gasteiger partial charge in [0.1, 0.15) is 18.7 Å². The number of aliphatic hydroxyl groups is 1. The zero-order valence-corrected chi connectivity index (χ0v) is 42.8. The lowest BCUT2D eigenvalue weighted by atomic mass is 10.1. The summed E-state index contributed by atoms with van der Waals surface area (Å²) in [6, 6.07) is -2.79. The Hall–Kier alpha value is -3.34. The Morgan fingerprint density at radius 2 is 1.15 bits per heavy atom. The average molecular weight is 999 g/mol. The maximum Gasteiger partial charge on any atom is 0.472 e. The van der Waals surface area contributed by atoms with Crippen molar-refractivity contribution in [3.05, 3.63) is 72.9 Å². The Kier molecular flexibility index (Phi) is 42.6. The van der Waals surface area contributed by atoms with Gasteiger partial charge >= 0.3 is 31.7 Å². The fraction of sp³-hybridized carbons (Fsp3) is 0.686. The fourth-order valence-corrected chi connectivity index (χ4v) is 8.26. The van der Waals surface area contributed by atoms with Gasteiger partial charge in [0.15, 0.2) is 6.10 Å². The van der Waals surface area contributed by atoms with Gasteiger partial charge in [-0.15, -0.1) is 11.8 Å². The predicted molar refractivity (Wildman–Crippen MR) is 273 cm³/mol. The number of aliphatic hydroxyl groups excluding tert-OH is 1. The number of hydrogen-bond donors (Lipinski definition) is 6. The van der Waals surface area contributed by atoms with Gasteiger partial charge in [-0.25, -0.2) is 4.57 Å². The second-order valence-electron chi connectivity index (χ2n) is 16.8. The van der Waals surface area contributed by atoms with E-state index in [9.17, 15) is 33.7 Å². The molecule has 1 unspecified atom stereocenters. The summed E-state index contributed by atoms with van der Waals surface area (Å²) in [5.41, 5.74) is 11.5. The Balaban J connectivity index is 5.12. The Bertz CT molecular complexity index is 1550. The number of nitrogens with two attached hydrogens (primary N) is 2. The summed E-state index contributed by atoms with van der Waals surface area (Å²) >= 11 is 1.18. The summed E-state index contributed by atoms with van der Waals surface area (Å²) in [6.07, 6.45) is 44.3. The van der Waals surface area contributed by atoms with Crippen molar-refractivity contribution in [2.45, 2.75) is 197 Å². The first kappa shape index (κ1) is 64.7. The molecular formula is C51H87N2O13PS. The molecule has 0 heterocycles. The van der Waals surface area contributed by atoms with E-state index in [1.54, 1.807) is 18.2 Å². The maximum atomic E-state index is 13.0. The third kappa shape index (κ3) is 41.6. The molecule has 6 atom stereocenters. The van der Waals surface area contributed by atoms with Gasteiger partial charge in [-0.2, -0.15) is 0 Å². The molecule has 0 amide bonds. The Labute approximate surface area is 411 Å². The number of carboxylic acids is 2. The van der Waals surface area contributed by atoms with Gasteiger partial charge in [-0.3, -0.25) is 28.2 Å². The van der Waals surface area contributed by atoms with Gasteiger partial charge in [-0.1, -0.05) is 157 Å². The Morgan fingerprint density at radius 3 is 1.72 bits per heavy atom. The van der Waals surface area contributed by atoms with Gasteiger partial charge in [0.2, 0.25) is 0 Å². The van der Waals surface area contributed by atoms with E-state index in [1.165, 1.54) is 76.0 Å². The second-order valence-corrected chi connectivity index (χ2v) is 19.5. The lowest BCUT2D eigenvalue weighted by Crippen LogP contribution is -2.38. The van der Waals surface area contributed by atoms with Gasteiger partial charge in [0.25, 0.3) is 0 Å². The first-order chi connectivity index (χ1) is 32.7. The second kappa shape index (κ2) is 44.8. The third-order valence-corrected chi connectivity index (χ3v) is 12.8. The molecule has 0 aliphatic carbocycles. The number of thioether (sulfide) groups is 1. The minimum atomic E-state index is -4.86. The number of allylic oxidation sites excluding steroid dienone is 11. The van der Waals surface area contributed by atoms with Crippen LogP contribution in [0.15, 0.2) is 72.9 Å². The van der Waals surface area contributed by atoms with Crippen molar-refractivity contribution < 1.29 is 62.5 Å². The molecule has 0 aromatic rings. The minimum Gasteiger partial charge on any atom is -0.481 e. The largest absolute Gasteiger partial charge is 0.481 e. The molecule has 17 heteroatoms. The number of aliphatic carboxylic acids is 2. The molecule has 0 saturated carbocycles. The summed E-state index contributed by atoms with van der Waals surface area (Å²) in [4.78, 5) is 58.0. The molecule has 0 rings (SSSR count). The van der Waals surface area contributed by atoms with Gasteiger partial charge in [0, 0.05) is 23.8 Å². The van der Waals surface area contributed by atoms with Crippen LogP contribution in [0.25, 0.3) is 0 Å². The summed E-state index contributed by atoms with van der Waals surface area (Å²) in [5, 5.41) is 28.4. The standard InChI is InChI=1S/C51H87N2O13PS/c1-3-5-7-9-11-13-15-17-18-19-20-21-22-23-25-27-29-31-33-38-49(57)66-43(40-64-67(61,62)65-41-44(52)50(58)59)39-63-51(60)45(53)42-68-47(46(54)35-34-37-48(55)56)36-32-30-28-26-24-16-14-12-10-8-6-4-2/h11-14,17-18,24,26,28,30,32,36,43-47,54H,3-10,15-16,19-23,25,27,29,31,33-35,37-42,52-53H2,1-2H3,(H,55,56)(H,58,59)(H,61,62)/b13-11-,14-12-,18-17-,26-24-,30-28+,36-32+/t43-,44+,45+,46+,47-/m1/s1. The van der Waals surface area contributed by atoms with E-state index < -0.39 is 81.1 Å². The zero-order chi connectivity index (χ0) is 50.5. The van der Waals surface area contributed by atoms with Crippen LogP contribution in [0.3, 0.4) is 0 Å². The van der Waals surface area contributed by atoms with Crippen LogP contribution < -0.4 is 11.5 Å². The molecule has 0 aromatic heterocycles. The smallest absolute Gasteiger partial charge is 0.472 e. The number of esters is 2. The summed E-state index contributed by atoms with van der Waals surface area (Å²) in [6.45, 7) is 2.24. The van der Waals surface area contributed by atoms with Crippen LogP contribution in [-0.4, -0.2) is 99.2 Å². The van der Waals surface area contributed by atoms with Crippen LogP contribution in [0.2, 0.25) is 0 Å². The first-order valence-corrected chi connectivity index (χ1v) is 27.4. The average Bonchev–Trinajstić information content (AvgIpc) is 3.30. The van der Waals surface area contributed by atoms with E-state index in [4.69, 9.17) is 35.7 Å². The van der Waals surface area contributed by atoms with Crippen molar-refractivity contribution in [1.29, 1.82) is 0 Å². The topological polar surface area (TPSA) is 255 Å². The van der Waals surface area contributed by atoms with E-state index in [0.29, 0.717) is 6.42 Å². The Morgan fingerprint density at radius 1 is 0.618 bits per heavy atom. The third-order valence-electron chi connectivity index (χ3n) is 10.4. The van der Waals surface area contributed by atoms with Crippen molar-refractivity contribution in [1.82, 2.24) is 0 Å². The van der Waals surface area contributed by atoms with Crippen LogP contribution in [0.1, 0.15) is 168 Å². The van der Waals surface area contributed by atoms with E-state index in [0.717, 1.165) is 57.8 Å². The number of unbranched alkanes of at least 4 members (excludes halogenated alkanes) is 15. The number of carbonyl (C=O) groups excluding carboxylic acids is 2. The minimum absolute atomic E-state index is 0.00230. The highest BCUT2D eigenvalue weighted by molar-refractivity contribution is 8.00. The molecule has 8 N–H and O–H groups in total. The number of rotatable bonds is 46. The van der Waals surface area contributed by atoms with Crippen LogP contribution in [0.4, 0.5) is 0 Å². The quantitative estimate of drug-likeness (QED) is 0.0109. The van der Waals surface area contributed by atoms with Crippen LogP contribution >= 0.6 is 19.6 Å². The predicted octanol–water partition coefficient (Wildman–Crippen LogP) is 10.6. The lowest BCUT2D eigenvalue weighted by molar-refractivity contribution is -0.161. The molecule has 0 bridgehead atoms. The number of carboxylic acid groups (broad SMARTS) is 2. The van der Waals surface area contributed by atoms with E-state index in [2.05, 4.69) is 54.8 Å². The SMILES string of the molecule is CCCCC/C=C\C\C=C/C=C/C=C/[C@@H](SC[C@H](N)C(=O)OC[C@H](COP(=O)(O)OC[C@H](N)C(=O)O)OC(=O)CCCCCCCCCCC/C=C\C/C=C\CCCCC)[C@@H](O)CCCC(=O)O. The van der Waals surface area contributed by atoms with Gasteiger partial charge in [-0.05, 0) is 70.6 Å².